The molecule has 0 aliphatic carbocycles. The van der Waals surface area contributed by atoms with Crippen LogP contribution in [0.15, 0.2) is 91.0 Å². The van der Waals surface area contributed by atoms with Gasteiger partial charge >= 0.3 is 17.9 Å². The molecular weight excluding hydrogens is 644 g/mol. The van der Waals surface area contributed by atoms with Gasteiger partial charge in [0.25, 0.3) is 0 Å². The van der Waals surface area contributed by atoms with Gasteiger partial charge in [0.1, 0.15) is 30.9 Å². The Kier molecular flexibility index (Phi) is 12.9. The van der Waals surface area contributed by atoms with E-state index in [1.54, 1.807) is 72.8 Å². The van der Waals surface area contributed by atoms with E-state index in [0.29, 0.717) is 22.4 Å². The highest BCUT2D eigenvalue weighted by Crippen LogP contribution is 2.41. The number of esters is 3. The summed E-state index contributed by atoms with van der Waals surface area (Å²) in [5.74, 6) is -0.819. The Labute approximate surface area is 292 Å². The zero-order valence-electron chi connectivity index (χ0n) is 28.6. The molecule has 0 N–H and O–H groups in total. The van der Waals surface area contributed by atoms with Crippen LogP contribution in [0.1, 0.15) is 65.7 Å². The quantitative estimate of drug-likeness (QED) is 0.145. The molecule has 3 aromatic carbocycles. The van der Waals surface area contributed by atoms with Gasteiger partial charge in [-0.05, 0) is 54.0 Å². The van der Waals surface area contributed by atoms with Gasteiger partial charge in [0.05, 0.1) is 28.9 Å². The van der Waals surface area contributed by atoms with E-state index in [2.05, 4.69) is 20.8 Å². The zero-order chi connectivity index (χ0) is 34.9. The first kappa shape index (κ1) is 36.6. The Balaban J connectivity index is 1.36. The molecule has 0 aromatic heterocycles. The third-order valence-corrected chi connectivity index (χ3v) is 10.7. The standard InChI is InChI=1S/C39H46O9S/c1-6-49-39-34(47-37(42)30-20-14-9-15-21-30)27(5)33(32(46-39)23-44-36(41)29-18-12-8-13-19-29)48-38-26(4)24(2)25(3)31(45-38)22-43-35(40)28-16-10-7-11-17-28/h7-21,24-27,31-34,38-39H,6,22-23H2,1-5H3. The van der Waals surface area contributed by atoms with Gasteiger partial charge in [-0.2, -0.15) is 0 Å². The highest BCUT2D eigenvalue weighted by atomic mass is 32.2. The lowest BCUT2D eigenvalue weighted by Gasteiger charge is -2.48. The van der Waals surface area contributed by atoms with Crippen molar-refractivity contribution in [3.05, 3.63) is 108 Å². The minimum atomic E-state index is -0.698. The lowest BCUT2D eigenvalue weighted by atomic mass is 9.79. The first-order valence-electron chi connectivity index (χ1n) is 17.0. The third-order valence-electron chi connectivity index (χ3n) is 9.61. The van der Waals surface area contributed by atoms with E-state index in [9.17, 15) is 14.4 Å². The van der Waals surface area contributed by atoms with Crippen molar-refractivity contribution in [3.63, 3.8) is 0 Å². The Morgan fingerprint density at radius 3 is 1.59 bits per heavy atom. The lowest BCUT2D eigenvalue weighted by Crippen LogP contribution is -2.58. The van der Waals surface area contributed by atoms with Crippen molar-refractivity contribution in [1.82, 2.24) is 0 Å². The number of rotatable bonds is 12. The SMILES string of the molecule is CCSC1OC(COC(=O)c2ccccc2)C(OC2OC(COC(=O)c3ccccc3)C(C)C(C)C2C)C(C)C1OC(=O)c1ccccc1. The Morgan fingerprint density at radius 1 is 0.592 bits per heavy atom. The highest BCUT2D eigenvalue weighted by molar-refractivity contribution is 7.99. The van der Waals surface area contributed by atoms with Gasteiger partial charge in [-0.15, -0.1) is 11.8 Å². The van der Waals surface area contributed by atoms with Crippen LogP contribution in [0.2, 0.25) is 0 Å². The summed E-state index contributed by atoms with van der Waals surface area (Å²) in [5, 5.41) is 0. The molecular formula is C39H46O9S. The maximum atomic E-state index is 13.3. The molecule has 10 atom stereocenters. The summed E-state index contributed by atoms with van der Waals surface area (Å²) in [6.45, 7) is 10.2. The number of ether oxygens (including phenoxy) is 6. The molecule has 10 heteroatoms. The van der Waals surface area contributed by atoms with E-state index >= 15 is 0 Å². The van der Waals surface area contributed by atoms with Crippen LogP contribution in [-0.4, -0.2) is 73.0 Å². The molecule has 2 fully saturated rings. The largest absolute Gasteiger partial charge is 0.459 e. The maximum Gasteiger partial charge on any atom is 0.338 e. The molecule has 5 rings (SSSR count). The van der Waals surface area contributed by atoms with Gasteiger partial charge in [-0.25, -0.2) is 14.4 Å². The molecule has 2 heterocycles. The van der Waals surface area contributed by atoms with Crippen LogP contribution in [0.25, 0.3) is 0 Å². The summed E-state index contributed by atoms with van der Waals surface area (Å²) in [5.41, 5.74) is 0.808. The fraction of sp³-hybridized carbons (Fsp3) is 0.462. The monoisotopic (exact) mass is 690 g/mol. The fourth-order valence-corrected chi connectivity index (χ4v) is 7.33. The molecule has 0 saturated carbocycles. The Morgan fingerprint density at radius 2 is 1.08 bits per heavy atom. The van der Waals surface area contributed by atoms with Gasteiger partial charge in [0.2, 0.25) is 0 Å². The van der Waals surface area contributed by atoms with Crippen molar-refractivity contribution in [1.29, 1.82) is 0 Å². The van der Waals surface area contributed by atoms with Crippen LogP contribution in [0, 0.1) is 23.7 Å². The van der Waals surface area contributed by atoms with Crippen LogP contribution >= 0.6 is 11.8 Å². The molecule has 2 aliphatic heterocycles. The number of carbonyl (C=O) groups excluding carboxylic acids is 3. The molecule has 0 spiro atoms. The van der Waals surface area contributed by atoms with Crippen molar-refractivity contribution in [2.45, 2.75) is 70.8 Å². The second-order valence-corrected chi connectivity index (χ2v) is 14.1. The number of carbonyl (C=O) groups is 3. The molecule has 2 saturated heterocycles. The van der Waals surface area contributed by atoms with Crippen molar-refractivity contribution >= 4 is 29.7 Å². The summed E-state index contributed by atoms with van der Waals surface area (Å²) in [4.78, 5) is 39.0. The topological polar surface area (TPSA) is 107 Å². The van der Waals surface area contributed by atoms with E-state index in [1.807, 2.05) is 32.0 Å². The molecule has 0 bridgehead atoms. The van der Waals surface area contributed by atoms with Crippen molar-refractivity contribution in [2.24, 2.45) is 23.7 Å². The van der Waals surface area contributed by atoms with Crippen LogP contribution in [-0.2, 0) is 28.4 Å². The van der Waals surface area contributed by atoms with Crippen LogP contribution in [0.4, 0.5) is 0 Å². The van der Waals surface area contributed by atoms with Crippen LogP contribution in [0.3, 0.4) is 0 Å². The lowest BCUT2D eigenvalue weighted by molar-refractivity contribution is -0.304. The smallest absolute Gasteiger partial charge is 0.338 e. The average molecular weight is 691 g/mol. The summed E-state index contributed by atoms with van der Waals surface area (Å²) in [7, 11) is 0. The molecule has 3 aromatic rings. The molecule has 9 nitrogen and oxygen atoms in total. The van der Waals surface area contributed by atoms with E-state index in [0.717, 1.165) is 0 Å². The molecule has 0 radical (unpaired) electrons. The third kappa shape index (κ3) is 9.11. The van der Waals surface area contributed by atoms with Crippen molar-refractivity contribution in [2.75, 3.05) is 19.0 Å². The summed E-state index contributed by atoms with van der Waals surface area (Å²) >= 11 is 1.52. The zero-order valence-corrected chi connectivity index (χ0v) is 29.5. The number of hydrogen-bond acceptors (Lipinski definition) is 10. The van der Waals surface area contributed by atoms with E-state index in [1.165, 1.54) is 11.8 Å². The molecule has 262 valence electrons. The number of hydrogen-bond donors (Lipinski definition) is 0. The number of thioether (sulfide) groups is 1. The molecule has 10 unspecified atom stereocenters. The minimum Gasteiger partial charge on any atom is -0.459 e. The Hall–Kier alpha value is -3.70. The average Bonchev–Trinajstić information content (AvgIpc) is 3.13. The van der Waals surface area contributed by atoms with E-state index in [4.69, 9.17) is 28.4 Å². The number of benzene rings is 3. The second-order valence-electron chi connectivity index (χ2n) is 12.7. The maximum absolute atomic E-state index is 13.3. The van der Waals surface area contributed by atoms with Gasteiger partial charge in [0.15, 0.2) is 6.29 Å². The predicted molar refractivity (Wildman–Crippen MR) is 186 cm³/mol. The van der Waals surface area contributed by atoms with E-state index < -0.39 is 54.0 Å². The normalized spacial score (nSPS) is 29.8. The highest BCUT2D eigenvalue weighted by Gasteiger charge is 2.50. The second kappa shape index (κ2) is 17.3. The summed E-state index contributed by atoms with van der Waals surface area (Å²) in [6.07, 6.45) is -3.14. The first-order chi connectivity index (χ1) is 23.7. The van der Waals surface area contributed by atoms with Gasteiger partial charge < -0.3 is 28.4 Å². The molecule has 49 heavy (non-hydrogen) atoms. The predicted octanol–water partition coefficient (Wildman–Crippen LogP) is 7.06. The summed E-state index contributed by atoms with van der Waals surface area (Å²) < 4.78 is 37.6. The van der Waals surface area contributed by atoms with Gasteiger partial charge in [0, 0.05) is 11.8 Å². The first-order valence-corrected chi connectivity index (χ1v) is 18.0. The molecule has 2 aliphatic rings. The van der Waals surface area contributed by atoms with Crippen LogP contribution in [0.5, 0.6) is 0 Å². The molecule has 0 amide bonds. The Bertz CT molecular complexity index is 1500. The summed E-state index contributed by atoms with van der Waals surface area (Å²) in [6, 6.07) is 26.5. The fourth-order valence-electron chi connectivity index (χ4n) is 6.29. The van der Waals surface area contributed by atoms with Crippen molar-refractivity contribution < 1.29 is 42.8 Å². The van der Waals surface area contributed by atoms with E-state index in [-0.39, 0.29) is 36.9 Å². The van der Waals surface area contributed by atoms with Gasteiger partial charge in [-0.1, -0.05) is 89.2 Å². The van der Waals surface area contributed by atoms with Gasteiger partial charge in [-0.3, -0.25) is 0 Å². The minimum absolute atomic E-state index is 0.0381. The van der Waals surface area contributed by atoms with Crippen molar-refractivity contribution in [3.8, 4) is 0 Å². The van der Waals surface area contributed by atoms with Crippen LogP contribution < -0.4 is 0 Å².